The lowest BCUT2D eigenvalue weighted by Gasteiger charge is -2.24. The van der Waals surface area contributed by atoms with E-state index in [1.807, 2.05) is 61.5 Å². The van der Waals surface area contributed by atoms with Crippen molar-refractivity contribution in [3.63, 3.8) is 0 Å². The minimum absolute atomic E-state index is 0.00463. The molecule has 1 atom stereocenters. The van der Waals surface area contributed by atoms with Crippen molar-refractivity contribution in [1.29, 1.82) is 0 Å². The summed E-state index contributed by atoms with van der Waals surface area (Å²) in [6, 6.07) is 16.3. The maximum absolute atomic E-state index is 13.9. The first-order valence-electron chi connectivity index (χ1n) is 12.7. The molecule has 1 fully saturated rings. The van der Waals surface area contributed by atoms with Crippen LogP contribution < -0.4 is 9.80 Å². The fourth-order valence-electron chi connectivity index (χ4n) is 5.44. The maximum atomic E-state index is 13.9. The van der Waals surface area contributed by atoms with Gasteiger partial charge in [0.25, 0.3) is 5.78 Å². The Balaban J connectivity index is 1.53. The molecular formula is C30H27FN4O3. The molecule has 1 aliphatic heterocycles. The molecule has 192 valence electrons. The number of imidazole rings is 1. The second-order valence-corrected chi connectivity index (χ2v) is 10.1. The minimum Gasteiger partial charge on any atom is -0.507 e. The Bertz CT molecular complexity index is 1620. The van der Waals surface area contributed by atoms with Crippen molar-refractivity contribution in [2.75, 3.05) is 23.9 Å². The maximum Gasteiger partial charge on any atom is 0.302 e. The number of nitrogens with one attached hydrogen (secondary N) is 1. The number of nitrogens with zero attached hydrogens (tertiary/aromatic N) is 3. The van der Waals surface area contributed by atoms with E-state index in [4.69, 9.17) is 0 Å². The van der Waals surface area contributed by atoms with Gasteiger partial charge in [-0.2, -0.15) is 0 Å². The number of anilines is 2. The third kappa shape index (κ3) is 3.93. The summed E-state index contributed by atoms with van der Waals surface area (Å²) in [7, 11) is 3.84. The number of aliphatic hydroxyl groups excluding tert-OH is 1. The van der Waals surface area contributed by atoms with Gasteiger partial charge >= 0.3 is 5.91 Å². The molecule has 0 saturated carbocycles. The van der Waals surface area contributed by atoms with Crippen LogP contribution in [0.15, 0.2) is 66.2 Å². The Labute approximate surface area is 219 Å². The molecule has 2 aliphatic rings. The number of aryl methyl sites for hydroxylation is 2. The number of carbonyl (C=O) groups is 2. The van der Waals surface area contributed by atoms with E-state index in [0.717, 1.165) is 36.9 Å². The van der Waals surface area contributed by atoms with E-state index in [1.54, 1.807) is 0 Å². The van der Waals surface area contributed by atoms with Gasteiger partial charge in [-0.05, 0) is 78.8 Å². The van der Waals surface area contributed by atoms with Gasteiger partial charge in [-0.3, -0.25) is 14.5 Å². The standard InChI is InChI=1S/C30H27FN4O3/c1-34(2)22-12-9-18(10-13-22)26-25(27(36)20-8-7-17-5-3-4-6-19(17)15-20)28(37)29(38)35(26)30-32-23-14-11-21(31)16-24(23)33-30/h7-16,26,36H,3-6H2,1-2H3,(H,32,33)/b27-25+. The molecule has 0 spiro atoms. The van der Waals surface area contributed by atoms with Gasteiger partial charge in [0.05, 0.1) is 22.6 Å². The number of hydrogen-bond acceptors (Lipinski definition) is 5. The van der Waals surface area contributed by atoms with Crippen LogP contribution in [0.1, 0.15) is 41.1 Å². The third-order valence-electron chi connectivity index (χ3n) is 7.45. The summed E-state index contributed by atoms with van der Waals surface area (Å²) in [4.78, 5) is 37.7. The van der Waals surface area contributed by atoms with E-state index >= 15 is 0 Å². The molecule has 1 aliphatic carbocycles. The van der Waals surface area contributed by atoms with Crippen molar-refractivity contribution in [3.05, 3.63) is 94.3 Å². The lowest BCUT2D eigenvalue weighted by molar-refractivity contribution is -0.132. The summed E-state index contributed by atoms with van der Waals surface area (Å²) in [5.74, 6) is -2.17. The van der Waals surface area contributed by atoms with Gasteiger partial charge in [-0.25, -0.2) is 9.37 Å². The summed E-state index contributed by atoms with van der Waals surface area (Å²) in [6.07, 6.45) is 4.11. The van der Waals surface area contributed by atoms with E-state index in [1.165, 1.54) is 28.7 Å². The second kappa shape index (κ2) is 9.13. The predicted octanol–water partition coefficient (Wildman–Crippen LogP) is 5.27. The number of Topliss-reactive ketones (excluding diaryl/α,β-unsaturated/α-hetero) is 1. The fraction of sp³-hybridized carbons (Fsp3) is 0.233. The number of amides is 1. The van der Waals surface area contributed by atoms with Crippen LogP contribution in [0.3, 0.4) is 0 Å². The summed E-state index contributed by atoms with van der Waals surface area (Å²) in [5, 5.41) is 11.5. The number of aromatic amines is 1. The van der Waals surface area contributed by atoms with Crippen molar-refractivity contribution >= 4 is 40.1 Å². The molecule has 3 aromatic carbocycles. The first kappa shape index (κ1) is 23.9. The highest BCUT2D eigenvalue weighted by Gasteiger charge is 2.48. The van der Waals surface area contributed by atoms with Crippen LogP contribution in [0.4, 0.5) is 16.0 Å². The van der Waals surface area contributed by atoms with Crippen LogP contribution in [-0.4, -0.2) is 40.9 Å². The molecule has 1 aromatic heterocycles. The van der Waals surface area contributed by atoms with Crippen LogP contribution in [0, 0.1) is 5.82 Å². The number of carbonyl (C=O) groups excluding carboxylic acids is 2. The molecule has 1 amide bonds. The Morgan fingerprint density at radius 1 is 1.00 bits per heavy atom. The zero-order chi connectivity index (χ0) is 26.6. The first-order chi connectivity index (χ1) is 18.3. The van der Waals surface area contributed by atoms with Crippen molar-refractivity contribution in [1.82, 2.24) is 9.97 Å². The molecule has 1 unspecified atom stereocenters. The minimum atomic E-state index is -0.923. The third-order valence-corrected chi connectivity index (χ3v) is 7.45. The Hall–Kier alpha value is -4.46. The highest BCUT2D eigenvalue weighted by molar-refractivity contribution is 6.51. The Kier molecular flexibility index (Phi) is 5.75. The molecule has 0 bridgehead atoms. The fourth-order valence-corrected chi connectivity index (χ4v) is 5.44. The lowest BCUT2D eigenvalue weighted by atomic mass is 9.88. The van der Waals surface area contributed by atoms with Crippen molar-refractivity contribution in [3.8, 4) is 0 Å². The number of fused-ring (bicyclic) bond motifs is 2. The smallest absolute Gasteiger partial charge is 0.302 e. The average Bonchev–Trinajstić information content (AvgIpc) is 3.45. The number of hydrogen-bond donors (Lipinski definition) is 2. The predicted molar refractivity (Wildman–Crippen MR) is 145 cm³/mol. The highest BCUT2D eigenvalue weighted by atomic mass is 19.1. The average molecular weight is 511 g/mol. The Morgan fingerprint density at radius 3 is 2.47 bits per heavy atom. The van der Waals surface area contributed by atoms with E-state index in [9.17, 15) is 19.1 Å². The highest BCUT2D eigenvalue weighted by Crippen LogP contribution is 2.42. The SMILES string of the molecule is CN(C)c1ccc(C2/C(=C(\O)c3ccc4c(c3)CCCC4)C(=O)C(=O)N2c2nc3ccc(F)cc3[nH]2)cc1. The molecule has 0 radical (unpaired) electrons. The first-order valence-corrected chi connectivity index (χ1v) is 12.7. The molecule has 6 rings (SSSR count). The number of ketones is 1. The normalized spacial score (nSPS) is 18.7. The largest absolute Gasteiger partial charge is 0.507 e. The molecule has 8 heteroatoms. The molecular weight excluding hydrogens is 483 g/mol. The van der Waals surface area contributed by atoms with Gasteiger partial charge in [-0.1, -0.05) is 24.3 Å². The monoisotopic (exact) mass is 510 g/mol. The van der Waals surface area contributed by atoms with E-state index in [2.05, 4.69) is 9.97 Å². The van der Waals surface area contributed by atoms with Gasteiger partial charge in [-0.15, -0.1) is 0 Å². The van der Waals surface area contributed by atoms with Gasteiger partial charge in [0.1, 0.15) is 11.6 Å². The molecule has 4 aromatic rings. The summed E-state index contributed by atoms with van der Waals surface area (Å²) < 4.78 is 13.9. The zero-order valence-corrected chi connectivity index (χ0v) is 21.2. The van der Waals surface area contributed by atoms with Crippen LogP contribution in [0.2, 0.25) is 0 Å². The van der Waals surface area contributed by atoms with E-state index in [-0.39, 0.29) is 17.3 Å². The van der Waals surface area contributed by atoms with Gasteiger partial charge < -0.3 is 15.0 Å². The molecule has 7 nitrogen and oxygen atoms in total. The van der Waals surface area contributed by atoms with E-state index < -0.39 is 23.5 Å². The van der Waals surface area contributed by atoms with Crippen LogP contribution in [-0.2, 0) is 22.4 Å². The second-order valence-electron chi connectivity index (χ2n) is 10.1. The zero-order valence-electron chi connectivity index (χ0n) is 21.2. The number of H-pyrrole nitrogens is 1. The topological polar surface area (TPSA) is 89.5 Å². The molecule has 2 heterocycles. The van der Waals surface area contributed by atoms with Crippen molar-refractivity contribution < 1.29 is 19.1 Å². The molecule has 38 heavy (non-hydrogen) atoms. The van der Waals surface area contributed by atoms with E-state index in [0.29, 0.717) is 22.2 Å². The van der Waals surface area contributed by atoms with Crippen molar-refractivity contribution in [2.24, 2.45) is 0 Å². The summed E-state index contributed by atoms with van der Waals surface area (Å²) in [6.45, 7) is 0. The van der Waals surface area contributed by atoms with Gasteiger partial charge in [0, 0.05) is 25.3 Å². The van der Waals surface area contributed by atoms with Crippen LogP contribution >= 0.6 is 0 Å². The van der Waals surface area contributed by atoms with Gasteiger partial charge in [0.15, 0.2) is 0 Å². The number of halogens is 1. The summed E-state index contributed by atoms with van der Waals surface area (Å²) in [5.41, 5.74) is 5.35. The number of rotatable bonds is 4. The molecule has 1 saturated heterocycles. The molecule has 2 N–H and O–H groups in total. The lowest BCUT2D eigenvalue weighted by Crippen LogP contribution is -2.30. The summed E-state index contributed by atoms with van der Waals surface area (Å²) >= 11 is 0. The van der Waals surface area contributed by atoms with Crippen LogP contribution in [0.5, 0.6) is 0 Å². The number of aromatic nitrogens is 2. The van der Waals surface area contributed by atoms with Gasteiger partial charge in [0.2, 0.25) is 5.95 Å². The number of benzene rings is 3. The quantitative estimate of drug-likeness (QED) is 0.222. The van der Waals surface area contributed by atoms with Crippen molar-refractivity contribution in [2.45, 2.75) is 31.7 Å². The van der Waals surface area contributed by atoms with Crippen LogP contribution in [0.25, 0.3) is 16.8 Å². The number of aliphatic hydroxyl groups is 1. The Morgan fingerprint density at radius 2 is 1.74 bits per heavy atom.